The van der Waals surface area contributed by atoms with Gasteiger partial charge in [-0.25, -0.2) is 0 Å². The van der Waals surface area contributed by atoms with E-state index in [2.05, 4.69) is 35.3 Å². The van der Waals surface area contributed by atoms with Crippen molar-refractivity contribution in [1.29, 1.82) is 0 Å². The largest absolute Gasteiger partial charge is 0.349 e. The van der Waals surface area contributed by atoms with Crippen LogP contribution < -0.4 is 5.32 Å². The zero-order valence-electron chi connectivity index (χ0n) is 18.3. The van der Waals surface area contributed by atoms with Gasteiger partial charge in [0.2, 0.25) is 5.91 Å². The first kappa shape index (κ1) is 22.6. The summed E-state index contributed by atoms with van der Waals surface area (Å²) in [5.74, 6) is 0.289. The molecule has 1 aliphatic heterocycles. The van der Waals surface area contributed by atoms with Crippen LogP contribution in [0.2, 0.25) is 10.0 Å². The van der Waals surface area contributed by atoms with E-state index in [0.29, 0.717) is 10.0 Å². The van der Waals surface area contributed by atoms with Gasteiger partial charge in [-0.05, 0) is 92.4 Å². The summed E-state index contributed by atoms with van der Waals surface area (Å²) in [6.07, 6.45) is 7.62. The van der Waals surface area contributed by atoms with Crippen LogP contribution in [-0.4, -0.2) is 23.9 Å². The first-order valence-electron chi connectivity index (χ1n) is 11.6. The first-order valence-corrected chi connectivity index (χ1v) is 12.4. The number of aryl methyl sites for hydroxylation is 2. The molecule has 1 atom stereocenters. The highest BCUT2D eigenvalue weighted by atomic mass is 35.5. The standard InChI is InChI=1S/C26H32Cl2N2O/c1-2-25(21-8-7-18-5-3-4-6-20(18)15-21)29-26(31)19-11-13-30(14-12-19)17-22-9-10-23(27)16-24(22)28/h7-10,15-16,19,25H,2-6,11-14,17H2,1H3,(H,29,31)/t25-/m0/s1. The summed E-state index contributed by atoms with van der Waals surface area (Å²) in [4.78, 5) is 15.4. The van der Waals surface area contributed by atoms with Gasteiger partial charge in [-0.3, -0.25) is 9.69 Å². The molecule has 0 bridgehead atoms. The van der Waals surface area contributed by atoms with Crippen LogP contribution >= 0.6 is 23.2 Å². The van der Waals surface area contributed by atoms with Crippen molar-refractivity contribution in [3.8, 4) is 0 Å². The highest BCUT2D eigenvalue weighted by molar-refractivity contribution is 6.35. The van der Waals surface area contributed by atoms with E-state index < -0.39 is 0 Å². The van der Waals surface area contributed by atoms with Crippen LogP contribution in [0.25, 0.3) is 0 Å². The maximum Gasteiger partial charge on any atom is 0.223 e. The average Bonchev–Trinajstić information content (AvgIpc) is 2.79. The number of nitrogens with zero attached hydrogens (tertiary/aromatic N) is 1. The van der Waals surface area contributed by atoms with Crippen LogP contribution in [0.4, 0.5) is 0 Å². The molecule has 0 unspecified atom stereocenters. The zero-order chi connectivity index (χ0) is 21.8. The Labute approximate surface area is 196 Å². The summed E-state index contributed by atoms with van der Waals surface area (Å²) >= 11 is 12.3. The van der Waals surface area contributed by atoms with Crippen molar-refractivity contribution in [1.82, 2.24) is 10.2 Å². The Balaban J connectivity index is 1.31. The molecule has 4 rings (SSSR count). The third kappa shape index (κ3) is 5.63. The van der Waals surface area contributed by atoms with Gasteiger partial charge in [0, 0.05) is 22.5 Å². The second-order valence-electron chi connectivity index (χ2n) is 8.99. The van der Waals surface area contributed by atoms with Crippen molar-refractivity contribution in [2.24, 2.45) is 5.92 Å². The lowest BCUT2D eigenvalue weighted by molar-refractivity contribution is -0.127. The second-order valence-corrected chi connectivity index (χ2v) is 9.83. The number of benzene rings is 2. The van der Waals surface area contributed by atoms with E-state index in [1.54, 1.807) is 6.07 Å². The number of carbonyl (C=O) groups excluding carboxylic acids is 1. The van der Waals surface area contributed by atoms with Crippen molar-refractivity contribution >= 4 is 29.1 Å². The summed E-state index contributed by atoms with van der Waals surface area (Å²) in [6.45, 7) is 4.78. The van der Waals surface area contributed by atoms with E-state index in [-0.39, 0.29) is 17.9 Å². The van der Waals surface area contributed by atoms with Crippen molar-refractivity contribution in [3.05, 3.63) is 68.7 Å². The number of halogens is 2. The van der Waals surface area contributed by atoms with Crippen LogP contribution in [-0.2, 0) is 24.2 Å². The van der Waals surface area contributed by atoms with Crippen molar-refractivity contribution in [2.45, 2.75) is 64.5 Å². The number of carbonyl (C=O) groups is 1. The van der Waals surface area contributed by atoms with Crippen molar-refractivity contribution < 1.29 is 4.79 Å². The number of rotatable bonds is 6. The summed E-state index contributed by atoms with van der Waals surface area (Å²) in [7, 11) is 0. The smallest absolute Gasteiger partial charge is 0.223 e. The van der Waals surface area contributed by atoms with Gasteiger partial charge >= 0.3 is 0 Å². The van der Waals surface area contributed by atoms with Gasteiger partial charge in [-0.2, -0.15) is 0 Å². The third-order valence-electron chi connectivity index (χ3n) is 6.87. The predicted octanol–water partition coefficient (Wildman–Crippen LogP) is 6.35. The summed E-state index contributed by atoms with van der Waals surface area (Å²) < 4.78 is 0. The van der Waals surface area contributed by atoms with Gasteiger partial charge in [0.25, 0.3) is 0 Å². The fraction of sp³-hybridized carbons (Fsp3) is 0.500. The topological polar surface area (TPSA) is 32.3 Å². The Bertz CT molecular complexity index is 922. The Morgan fingerprint density at radius 1 is 1.06 bits per heavy atom. The maximum absolute atomic E-state index is 13.0. The molecule has 1 N–H and O–H groups in total. The molecule has 5 heteroatoms. The lowest BCUT2D eigenvalue weighted by Gasteiger charge is -2.32. The number of amides is 1. The Morgan fingerprint density at radius 3 is 2.52 bits per heavy atom. The van der Waals surface area contributed by atoms with Gasteiger partial charge in [0.05, 0.1) is 6.04 Å². The molecule has 0 radical (unpaired) electrons. The van der Waals surface area contributed by atoms with Gasteiger partial charge in [-0.15, -0.1) is 0 Å². The Hall–Kier alpha value is -1.55. The molecule has 1 aliphatic carbocycles. The molecule has 31 heavy (non-hydrogen) atoms. The summed E-state index contributed by atoms with van der Waals surface area (Å²) in [5.41, 5.74) is 5.31. The molecular formula is C26H32Cl2N2O. The molecule has 2 aromatic rings. The molecule has 1 saturated heterocycles. The molecule has 0 aromatic heterocycles. The fourth-order valence-corrected chi connectivity index (χ4v) is 5.39. The molecule has 0 spiro atoms. The van der Waals surface area contributed by atoms with Gasteiger partial charge < -0.3 is 5.32 Å². The van der Waals surface area contributed by atoms with E-state index in [4.69, 9.17) is 23.2 Å². The quantitative estimate of drug-likeness (QED) is 0.546. The number of hydrogen-bond acceptors (Lipinski definition) is 2. The summed E-state index contributed by atoms with van der Waals surface area (Å²) in [6, 6.07) is 12.6. The molecule has 2 aromatic carbocycles. The molecule has 1 fully saturated rings. The molecule has 1 amide bonds. The first-order chi connectivity index (χ1) is 15.0. The number of fused-ring (bicyclic) bond motifs is 1. The SMILES string of the molecule is CC[C@H](NC(=O)C1CCN(Cc2ccc(Cl)cc2Cl)CC1)c1ccc2c(c1)CCCC2. The Kier molecular flexibility index (Phi) is 7.58. The van der Waals surface area contributed by atoms with Crippen LogP contribution in [0, 0.1) is 5.92 Å². The Morgan fingerprint density at radius 2 is 1.81 bits per heavy atom. The monoisotopic (exact) mass is 458 g/mol. The second kappa shape index (κ2) is 10.4. The molecule has 3 nitrogen and oxygen atoms in total. The number of hydrogen-bond donors (Lipinski definition) is 1. The van der Waals surface area contributed by atoms with E-state index >= 15 is 0 Å². The van der Waals surface area contributed by atoms with E-state index in [0.717, 1.165) is 44.5 Å². The highest BCUT2D eigenvalue weighted by Crippen LogP contribution is 2.28. The maximum atomic E-state index is 13.0. The van der Waals surface area contributed by atoms with Crippen LogP contribution in [0.15, 0.2) is 36.4 Å². The molecule has 0 saturated carbocycles. The van der Waals surface area contributed by atoms with Crippen LogP contribution in [0.3, 0.4) is 0 Å². The normalized spacial score (nSPS) is 18.4. The van der Waals surface area contributed by atoms with Gasteiger partial charge in [-0.1, -0.05) is 54.4 Å². The molecular weight excluding hydrogens is 427 g/mol. The van der Waals surface area contributed by atoms with Crippen molar-refractivity contribution in [2.75, 3.05) is 13.1 Å². The number of piperidine rings is 1. The zero-order valence-corrected chi connectivity index (χ0v) is 19.8. The van der Waals surface area contributed by atoms with Crippen LogP contribution in [0.5, 0.6) is 0 Å². The minimum absolute atomic E-state index is 0.0867. The molecule has 2 aliphatic rings. The minimum Gasteiger partial charge on any atom is -0.349 e. The van der Waals surface area contributed by atoms with Gasteiger partial charge in [0.15, 0.2) is 0 Å². The number of nitrogens with one attached hydrogen (secondary N) is 1. The minimum atomic E-state index is 0.0867. The predicted molar refractivity (Wildman–Crippen MR) is 129 cm³/mol. The van der Waals surface area contributed by atoms with E-state index in [1.165, 1.54) is 42.4 Å². The highest BCUT2D eigenvalue weighted by Gasteiger charge is 2.27. The summed E-state index contributed by atoms with van der Waals surface area (Å²) in [5, 5.41) is 4.72. The van der Waals surface area contributed by atoms with Crippen LogP contribution in [0.1, 0.15) is 67.3 Å². The molecule has 166 valence electrons. The molecule has 1 heterocycles. The van der Waals surface area contributed by atoms with Crippen molar-refractivity contribution in [3.63, 3.8) is 0 Å². The van der Waals surface area contributed by atoms with E-state index in [9.17, 15) is 4.79 Å². The fourth-order valence-electron chi connectivity index (χ4n) is 4.92. The number of likely N-dealkylation sites (tertiary alicyclic amines) is 1. The third-order valence-corrected chi connectivity index (χ3v) is 7.45. The lowest BCUT2D eigenvalue weighted by atomic mass is 9.88. The van der Waals surface area contributed by atoms with Gasteiger partial charge in [0.1, 0.15) is 0 Å². The average molecular weight is 459 g/mol. The lowest BCUT2D eigenvalue weighted by Crippen LogP contribution is -2.41. The van der Waals surface area contributed by atoms with E-state index in [1.807, 2.05) is 12.1 Å².